The largest absolute Gasteiger partial charge is 0.349 e. The van der Waals surface area contributed by atoms with Gasteiger partial charge >= 0.3 is 0 Å². The monoisotopic (exact) mass is 363 g/mol. The van der Waals surface area contributed by atoms with E-state index in [1.54, 1.807) is 12.1 Å². The quantitative estimate of drug-likeness (QED) is 0.778. The van der Waals surface area contributed by atoms with E-state index in [9.17, 15) is 4.79 Å². The third-order valence-electron chi connectivity index (χ3n) is 3.60. The molecule has 1 aromatic carbocycles. The molecule has 1 fully saturated rings. The number of hydrogen-bond donors (Lipinski definition) is 1. The second kappa shape index (κ2) is 6.96. The van der Waals surface area contributed by atoms with Crippen molar-refractivity contribution in [3.63, 3.8) is 0 Å². The predicted molar refractivity (Wildman–Crippen MR) is 83.1 cm³/mol. The van der Waals surface area contributed by atoms with Crippen LogP contribution < -0.4 is 5.32 Å². The SMILES string of the molecule is O=C(NC1CCCCC1CCl)c1ccc(Br)cc1Cl. The molecule has 2 nitrogen and oxygen atoms in total. The predicted octanol–water partition coefficient (Wildman–Crippen LogP) is 4.63. The molecule has 0 aromatic heterocycles. The second-order valence-corrected chi connectivity index (χ2v) is 6.53. The van der Waals surface area contributed by atoms with Gasteiger partial charge in [0, 0.05) is 16.4 Å². The van der Waals surface area contributed by atoms with Crippen molar-refractivity contribution in [3.05, 3.63) is 33.3 Å². The Hall–Kier alpha value is -0.250. The van der Waals surface area contributed by atoms with Gasteiger partial charge in [0.25, 0.3) is 5.91 Å². The molecule has 0 bridgehead atoms. The van der Waals surface area contributed by atoms with Gasteiger partial charge in [0.15, 0.2) is 0 Å². The number of carbonyl (C=O) groups excluding carboxylic acids is 1. The van der Waals surface area contributed by atoms with Crippen LogP contribution in [0.4, 0.5) is 0 Å². The average Bonchev–Trinajstić information content (AvgIpc) is 2.39. The number of carbonyl (C=O) groups is 1. The molecule has 1 N–H and O–H groups in total. The minimum Gasteiger partial charge on any atom is -0.349 e. The van der Waals surface area contributed by atoms with Crippen LogP contribution in [0.3, 0.4) is 0 Å². The standard InChI is InChI=1S/C14H16BrCl2NO/c15-10-5-6-11(12(17)7-10)14(19)18-13-4-2-1-3-9(13)8-16/h5-7,9,13H,1-4,8H2,(H,18,19). The average molecular weight is 365 g/mol. The van der Waals surface area contributed by atoms with Crippen LogP contribution >= 0.6 is 39.1 Å². The number of alkyl halides is 1. The van der Waals surface area contributed by atoms with E-state index in [0.717, 1.165) is 23.7 Å². The Labute approximate surface area is 132 Å². The van der Waals surface area contributed by atoms with E-state index in [0.29, 0.717) is 22.4 Å². The van der Waals surface area contributed by atoms with Gasteiger partial charge in [-0.15, -0.1) is 11.6 Å². The summed E-state index contributed by atoms with van der Waals surface area (Å²) in [4.78, 5) is 12.3. The van der Waals surface area contributed by atoms with Gasteiger partial charge in [0.1, 0.15) is 0 Å². The lowest BCUT2D eigenvalue weighted by Gasteiger charge is -2.30. The Morgan fingerprint density at radius 2 is 2.11 bits per heavy atom. The van der Waals surface area contributed by atoms with E-state index in [1.807, 2.05) is 6.07 Å². The van der Waals surface area contributed by atoms with Crippen molar-refractivity contribution in [3.8, 4) is 0 Å². The number of rotatable bonds is 3. The van der Waals surface area contributed by atoms with Crippen LogP contribution in [0.1, 0.15) is 36.0 Å². The van der Waals surface area contributed by atoms with E-state index < -0.39 is 0 Å². The molecule has 0 aliphatic heterocycles. The molecule has 1 aromatic rings. The highest BCUT2D eigenvalue weighted by Crippen LogP contribution is 2.27. The summed E-state index contributed by atoms with van der Waals surface area (Å²) in [6, 6.07) is 5.45. The molecule has 0 saturated heterocycles. The maximum atomic E-state index is 12.3. The highest BCUT2D eigenvalue weighted by Gasteiger charge is 2.26. The summed E-state index contributed by atoms with van der Waals surface area (Å²) in [5.74, 6) is 0.854. The van der Waals surface area contributed by atoms with Gasteiger partial charge in [-0.25, -0.2) is 0 Å². The van der Waals surface area contributed by atoms with Crippen LogP contribution in [0.25, 0.3) is 0 Å². The number of amides is 1. The molecular weight excluding hydrogens is 349 g/mol. The van der Waals surface area contributed by atoms with Gasteiger partial charge in [-0.1, -0.05) is 40.4 Å². The summed E-state index contributed by atoms with van der Waals surface area (Å²) >= 11 is 15.4. The van der Waals surface area contributed by atoms with Crippen molar-refractivity contribution < 1.29 is 4.79 Å². The molecular formula is C14H16BrCl2NO. The molecule has 104 valence electrons. The summed E-state index contributed by atoms with van der Waals surface area (Å²) in [7, 11) is 0. The highest BCUT2D eigenvalue weighted by atomic mass is 79.9. The van der Waals surface area contributed by atoms with Gasteiger partial charge in [-0.2, -0.15) is 0 Å². The third-order valence-corrected chi connectivity index (χ3v) is 4.80. The fraction of sp³-hybridized carbons (Fsp3) is 0.500. The normalized spacial score (nSPS) is 23.1. The van der Waals surface area contributed by atoms with Gasteiger partial charge in [0.05, 0.1) is 10.6 Å². The van der Waals surface area contributed by atoms with Crippen LogP contribution in [0, 0.1) is 5.92 Å². The summed E-state index contributed by atoms with van der Waals surface area (Å²) in [6.45, 7) is 0. The maximum Gasteiger partial charge on any atom is 0.253 e. The van der Waals surface area contributed by atoms with Crippen molar-refractivity contribution in [2.24, 2.45) is 5.92 Å². The maximum absolute atomic E-state index is 12.3. The van der Waals surface area contributed by atoms with E-state index in [2.05, 4.69) is 21.2 Å². The number of hydrogen-bond acceptors (Lipinski definition) is 1. The van der Waals surface area contributed by atoms with Gasteiger partial charge in [-0.3, -0.25) is 4.79 Å². The van der Waals surface area contributed by atoms with E-state index in [1.165, 1.54) is 6.42 Å². The summed E-state index contributed by atoms with van der Waals surface area (Å²) in [5, 5.41) is 3.54. The minimum absolute atomic E-state index is 0.112. The zero-order valence-electron chi connectivity index (χ0n) is 10.5. The zero-order chi connectivity index (χ0) is 13.8. The molecule has 2 rings (SSSR count). The Morgan fingerprint density at radius 1 is 1.37 bits per heavy atom. The van der Waals surface area contributed by atoms with Crippen molar-refractivity contribution in [2.45, 2.75) is 31.7 Å². The van der Waals surface area contributed by atoms with Crippen molar-refractivity contribution in [2.75, 3.05) is 5.88 Å². The molecule has 0 heterocycles. The first kappa shape index (κ1) is 15.1. The van der Waals surface area contributed by atoms with Crippen LogP contribution in [-0.4, -0.2) is 17.8 Å². The second-order valence-electron chi connectivity index (χ2n) is 4.90. The molecule has 2 unspecified atom stereocenters. The van der Waals surface area contributed by atoms with Crippen molar-refractivity contribution in [1.82, 2.24) is 5.32 Å². The van der Waals surface area contributed by atoms with Gasteiger partial charge in [0.2, 0.25) is 0 Å². The molecule has 1 amide bonds. The summed E-state index contributed by atoms with van der Waals surface area (Å²) < 4.78 is 0.866. The van der Waals surface area contributed by atoms with Gasteiger partial charge in [-0.05, 0) is 37.0 Å². The number of halogens is 3. The Balaban J connectivity index is 2.07. The Kier molecular flexibility index (Phi) is 5.55. The zero-order valence-corrected chi connectivity index (χ0v) is 13.6. The first-order chi connectivity index (χ1) is 9.11. The number of benzene rings is 1. The fourth-order valence-electron chi connectivity index (χ4n) is 2.50. The molecule has 5 heteroatoms. The Morgan fingerprint density at radius 3 is 2.79 bits per heavy atom. The fourth-order valence-corrected chi connectivity index (χ4v) is 3.63. The molecule has 0 spiro atoms. The lowest BCUT2D eigenvalue weighted by molar-refractivity contribution is 0.0911. The topological polar surface area (TPSA) is 29.1 Å². The van der Waals surface area contributed by atoms with Crippen LogP contribution in [0.15, 0.2) is 22.7 Å². The molecule has 1 saturated carbocycles. The van der Waals surface area contributed by atoms with E-state index >= 15 is 0 Å². The van der Waals surface area contributed by atoms with Crippen LogP contribution in [-0.2, 0) is 0 Å². The van der Waals surface area contributed by atoms with Crippen molar-refractivity contribution in [1.29, 1.82) is 0 Å². The molecule has 1 aliphatic carbocycles. The Bertz CT molecular complexity index is 467. The highest BCUT2D eigenvalue weighted by molar-refractivity contribution is 9.10. The summed E-state index contributed by atoms with van der Waals surface area (Å²) in [6.07, 6.45) is 4.43. The van der Waals surface area contributed by atoms with Crippen LogP contribution in [0.5, 0.6) is 0 Å². The first-order valence-electron chi connectivity index (χ1n) is 6.43. The third kappa shape index (κ3) is 3.87. The molecule has 0 radical (unpaired) electrons. The molecule has 2 atom stereocenters. The van der Waals surface area contributed by atoms with E-state index in [4.69, 9.17) is 23.2 Å². The van der Waals surface area contributed by atoms with Crippen molar-refractivity contribution >= 4 is 45.0 Å². The first-order valence-corrected chi connectivity index (χ1v) is 8.14. The molecule has 19 heavy (non-hydrogen) atoms. The smallest absolute Gasteiger partial charge is 0.253 e. The summed E-state index contributed by atoms with van der Waals surface area (Å²) in [5.41, 5.74) is 0.517. The number of nitrogens with one attached hydrogen (secondary N) is 1. The van der Waals surface area contributed by atoms with Crippen LogP contribution in [0.2, 0.25) is 5.02 Å². The lowest BCUT2D eigenvalue weighted by atomic mass is 9.85. The van der Waals surface area contributed by atoms with E-state index in [-0.39, 0.29) is 11.9 Å². The lowest BCUT2D eigenvalue weighted by Crippen LogP contribution is -2.42. The van der Waals surface area contributed by atoms with Gasteiger partial charge < -0.3 is 5.32 Å². The molecule has 1 aliphatic rings. The minimum atomic E-state index is -0.112.